The highest BCUT2D eigenvalue weighted by Gasteiger charge is 2.30. The largest absolute Gasteiger partial charge is 0.378 e. The van der Waals surface area contributed by atoms with Crippen LogP contribution in [-0.4, -0.2) is 35.0 Å². The Bertz CT molecular complexity index is 835. The molecular weight excluding hydrogens is 316 g/mol. The average molecular weight is 331 g/mol. The van der Waals surface area contributed by atoms with Gasteiger partial charge < -0.3 is 5.32 Å². The van der Waals surface area contributed by atoms with Crippen LogP contribution in [0.25, 0.3) is 5.69 Å². The predicted molar refractivity (Wildman–Crippen MR) is 84.5 cm³/mol. The van der Waals surface area contributed by atoms with Crippen molar-refractivity contribution in [3.8, 4) is 5.69 Å². The molecule has 23 heavy (non-hydrogen) atoms. The van der Waals surface area contributed by atoms with Crippen molar-refractivity contribution < 1.29 is 0 Å². The summed E-state index contributed by atoms with van der Waals surface area (Å²) in [7, 11) is 1.86. The van der Waals surface area contributed by atoms with Gasteiger partial charge in [-0.15, -0.1) is 5.10 Å². The molecule has 0 amide bonds. The van der Waals surface area contributed by atoms with Crippen molar-refractivity contribution >= 4 is 17.3 Å². The van der Waals surface area contributed by atoms with Crippen LogP contribution in [0.2, 0.25) is 5.02 Å². The maximum atomic E-state index is 6.34. The topological polar surface area (TPSA) is 86.3 Å². The van der Waals surface area contributed by atoms with Gasteiger partial charge in [0, 0.05) is 18.7 Å². The van der Waals surface area contributed by atoms with Crippen molar-refractivity contribution in [3.63, 3.8) is 0 Å². The first kappa shape index (κ1) is 14.1. The highest BCUT2D eigenvalue weighted by atomic mass is 35.5. The number of nitrogens with one attached hydrogen (secondary N) is 1. The maximum absolute atomic E-state index is 6.34. The maximum Gasteiger partial charge on any atom is 0.159 e. The summed E-state index contributed by atoms with van der Waals surface area (Å²) in [4.78, 5) is 4.19. The monoisotopic (exact) mass is 330 g/mol. The Morgan fingerprint density at radius 1 is 1.35 bits per heavy atom. The van der Waals surface area contributed by atoms with Gasteiger partial charge in [-0.3, -0.25) is 4.68 Å². The zero-order valence-electron chi connectivity index (χ0n) is 12.5. The van der Waals surface area contributed by atoms with E-state index >= 15 is 0 Å². The minimum Gasteiger partial charge on any atom is -0.378 e. The Morgan fingerprint density at radius 2 is 2.22 bits per heavy atom. The molecule has 0 unspecified atom stereocenters. The molecule has 0 aliphatic heterocycles. The molecule has 1 aliphatic rings. The Kier molecular flexibility index (Phi) is 3.45. The van der Waals surface area contributed by atoms with Crippen LogP contribution in [0.1, 0.15) is 30.4 Å². The number of aryl methyl sites for hydroxylation is 1. The zero-order valence-corrected chi connectivity index (χ0v) is 13.3. The number of hydrogen-bond donors (Lipinski definition) is 1. The van der Waals surface area contributed by atoms with E-state index in [0.717, 1.165) is 35.9 Å². The van der Waals surface area contributed by atoms with Gasteiger partial charge in [0.25, 0.3) is 0 Å². The van der Waals surface area contributed by atoms with Crippen LogP contribution in [0.5, 0.6) is 0 Å². The first-order valence-electron chi connectivity index (χ1n) is 7.37. The summed E-state index contributed by atoms with van der Waals surface area (Å²) in [5.41, 5.74) is 1.70. The van der Waals surface area contributed by atoms with Crippen LogP contribution in [0.3, 0.4) is 0 Å². The fourth-order valence-corrected chi connectivity index (χ4v) is 2.61. The number of anilines is 1. The lowest BCUT2D eigenvalue weighted by atomic mass is 10.2. The summed E-state index contributed by atoms with van der Waals surface area (Å²) in [6.07, 6.45) is 3.79. The number of hydrogen-bond acceptors (Lipinski definition) is 6. The molecule has 0 saturated heterocycles. The first-order valence-corrected chi connectivity index (χ1v) is 7.75. The molecule has 0 radical (unpaired) electrons. The first-order chi connectivity index (χ1) is 11.2. The Morgan fingerprint density at radius 3 is 2.96 bits per heavy atom. The molecule has 0 bridgehead atoms. The Labute approximate surface area is 137 Å². The lowest BCUT2D eigenvalue weighted by molar-refractivity contribution is 0.712. The summed E-state index contributed by atoms with van der Waals surface area (Å²) in [5.74, 6) is 2.16. The number of tetrazole rings is 1. The zero-order chi connectivity index (χ0) is 15.8. The van der Waals surface area contributed by atoms with E-state index in [0.29, 0.717) is 17.5 Å². The normalized spacial score (nSPS) is 14.2. The van der Waals surface area contributed by atoms with Crippen LogP contribution in [-0.2, 0) is 13.6 Å². The highest BCUT2D eigenvalue weighted by molar-refractivity contribution is 6.32. The predicted octanol–water partition coefficient (Wildman–Crippen LogP) is 1.93. The lowest BCUT2D eigenvalue weighted by Gasteiger charge is -2.10. The molecule has 9 heteroatoms. The molecule has 4 rings (SSSR count). The summed E-state index contributed by atoms with van der Waals surface area (Å²) >= 11 is 6.34. The van der Waals surface area contributed by atoms with Gasteiger partial charge in [-0.2, -0.15) is 9.78 Å². The molecule has 0 spiro atoms. The fraction of sp³-hybridized carbons (Fsp3) is 0.357. The minimum atomic E-state index is 0.441. The number of aromatic nitrogens is 7. The van der Waals surface area contributed by atoms with Crippen LogP contribution in [0.4, 0.5) is 5.69 Å². The van der Waals surface area contributed by atoms with E-state index < -0.39 is 0 Å². The standard InChI is InChI=1S/C14H15ClN8/c1-22-13(17-8-18-22)7-16-10-4-5-11(15)12(6-10)23-14(9-2-3-9)19-20-21-23/h4-6,8-9,16H,2-3,7H2,1H3. The van der Waals surface area contributed by atoms with Gasteiger partial charge in [0.15, 0.2) is 5.82 Å². The molecule has 118 valence electrons. The van der Waals surface area contributed by atoms with Crippen molar-refractivity contribution in [1.82, 2.24) is 35.0 Å². The smallest absolute Gasteiger partial charge is 0.159 e. The van der Waals surface area contributed by atoms with Crippen molar-refractivity contribution in [2.24, 2.45) is 7.05 Å². The van der Waals surface area contributed by atoms with Gasteiger partial charge >= 0.3 is 0 Å². The summed E-state index contributed by atoms with van der Waals surface area (Å²) in [5, 5.41) is 20.0. The number of benzene rings is 1. The molecule has 3 aromatic rings. The molecule has 2 heterocycles. The second kappa shape index (κ2) is 5.62. The molecule has 0 atom stereocenters. The number of rotatable bonds is 5. The van der Waals surface area contributed by atoms with E-state index in [4.69, 9.17) is 11.6 Å². The Balaban J connectivity index is 1.60. The number of nitrogens with zero attached hydrogens (tertiary/aromatic N) is 7. The molecule has 1 N–H and O–H groups in total. The molecule has 8 nitrogen and oxygen atoms in total. The van der Waals surface area contributed by atoms with Gasteiger partial charge in [-0.1, -0.05) is 11.6 Å². The molecule has 1 saturated carbocycles. The SMILES string of the molecule is Cn1ncnc1CNc1ccc(Cl)c(-n2nnnc2C2CC2)c1. The average Bonchev–Trinajstić information content (AvgIpc) is 3.13. The third kappa shape index (κ3) is 2.77. The second-order valence-corrected chi connectivity index (χ2v) is 5.95. The molecule has 2 aromatic heterocycles. The summed E-state index contributed by atoms with van der Waals surface area (Å²) < 4.78 is 3.46. The highest BCUT2D eigenvalue weighted by Crippen LogP contribution is 2.39. The lowest BCUT2D eigenvalue weighted by Crippen LogP contribution is -2.08. The number of halogens is 1. The van der Waals surface area contributed by atoms with Crippen LogP contribution in [0.15, 0.2) is 24.5 Å². The van der Waals surface area contributed by atoms with Gasteiger partial charge in [-0.25, -0.2) is 4.98 Å². The van der Waals surface area contributed by atoms with Crippen LogP contribution in [0, 0.1) is 0 Å². The third-order valence-electron chi connectivity index (χ3n) is 3.87. The van der Waals surface area contributed by atoms with E-state index in [2.05, 4.69) is 30.9 Å². The van der Waals surface area contributed by atoms with Crippen LogP contribution >= 0.6 is 11.6 Å². The quantitative estimate of drug-likeness (QED) is 0.769. The molecule has 1 aliphatic carbocycles. The van der Waals surface area contributed by atoms with Crippen molar-refractivity contribution in [3.05, 3.63) is 41.2 Å². The Hall–Kier alpha value is -2.48. The molecular formula is C14H15ClN8. The van der Waals surface area contributed by atoms with E-state index in [1.807, 2.05) is 25.2 Å². The second-order valence-electron chi connectivity index (χ2n) is 5.54. The van der Waals surface area contributed by atoms with Crippen LogP contribution < -0.4 is 5.32 Å². The van der Waals surface area contributed by atoms with Gasteiger partial charge in [0.1, 0.15) is 12.2 Å². The van der Waals surface area contributed by atoms with Gasteiger partial charge in [0.05, 0.1) is 17.3 Å². The minimum absolute atomic E-state index is 0.441. The van der Waals surface area contributed by atoms with Crippen molar-refractivity contribution in [2.45, 2.75) is 25.3 Å². The third-order valence-corrected chi connectivity index (χ3v) is 4.19. The van der Waals surface area contributed by atoms with Crippen molar-refractivity contribution in [1.29, 1.82) is 0 Å². The molecule has 1 fully saturated rings. The van der Waals surface area contributed by atoms with E-state index in [-0.39, 0.29) is 0 Å². The van der Waals surface area contributed by atoms with E-state index in [1.165, 1.54) is 6.33 Å². The molecule has 1 aromatic carbocycles. The van der Waals surface area contributed by atoms with E-state index in [1.54, 1.807) is 9.36 Å². The summed E-state index contributed by atoms with van der Waals surface area (Å²) in [6, 6.07) is 5.71. The van der Waals surface area contributed by atoms with Gasteiger partial charge in [-0.05, 0) is 41.5 Å². The van der Waals surface area contributed by atoms with Gasteiger partial charge in [0.2, 0.25) is 0 Å². The summed E-state index contributed by atoms with van der Waals surface area (Å²) in [6.45, 7) is 0.572. The van der Waals surface area contributed by atoms with Crippen molar-refractivity contribution in [2.75, 3.05) is 5.32 Å². The fourth-order valence-electron chi connectivity index (χ4n) is 2.41. The van der Waals surface area contributed by atoms with E-state index in [9.17, 15) is 0 Å².